The summed E-state index contributed by atoms with van der Waals surface area (Å²) in [6.45, 7) is 10.3. The lowest BCUT2D eigenvalue weighted by Crippen LogP contribution is -2.41. The zero-order chi connectivity index (χ0) is 14.7. The van der Waals surface area contributed by atoms with Gasteiger partial charge in [-0.15, -0.1) is 11.3 Å². The number of carbonyl (C=O) groups is 1. The third-order valence-corrected chi connectivity index (χ3v) is 6.18. The number of rotatable bonds is 1. The molecule has 108 valence electrons. The SMILES string of the molecule is Cc1c(B2OC(C)(C)C(C)(C)O2)sc2c1C(=O)CCC2. The highest BCUT2D eigenvalue weighted by atomic mass is 32.1. The van der Waals surface area contributed by atoms with Crippen molar-refractivity contribution in [2.45, 2.75) is 65.1 Å². The first-order valence-corrected chi connectivity index (χ1v) is 8.05. The van der Waals surface area contributed by atoms with E-state index in [1.54, 1.807) is 11.3 Å². The van der Waals surface area contributed by atoms with E-state index in [9.17, 15) is 4.79 Å². The largest absolute Gasteiger partial charge is 0.505 e. The van der Waals surface area contributed by atoms with Crippen LogP contribution < -0.4 is 4.78 Å². The number of hydrogen-bond donors (Lipinski definition) is 0. The second-order valence-corrected chi connectivity index (χ2v) is 7.89. The van der Waals surface area contributed by atoms with Crippen molar-refractivity contribution in [3.8, 4) is 0 Å². The monoisotopic (exact) mass is 292 g/mol. The van der Waals surface area contributed by atoms with Crippen LogP contribution in [-0.4, -0.2) is 24.1 Å². The van der Waals surface area contributed by atoms with Crippen LogP contribution in [0.25, 0.3) is 0 Å². The predicted molar refractivity (Wildman–Crippen MR) is 82.0 cm³/mol. The van der Waals surface area contributed by atoms with Gasteiger partial charge in [-0.1, -0.05) is 0 Å². The normalized spacial score (nSPS) is 24.1. The molecule has 1 aromatic rings. The van der Waals surface area contributed by atoms with Crippen LogP contribution in [0.1, 0.15) is 61.3 Å². The van der Waals surface area contributed by atoms with Crippen LogP contribution in [0.5, 0.6) is 0 Å². The van der Waals surface area contributed by atoms with E-state index >= 15 is 0 Å². The van der Waals surface area contributed by atoms with Crippen LogP contribution in [0.3, 0.4) is 0 Å². The van der Waals surface area contributed by atoms with Gasteiger partial charge in [0.05, 0.1) is 11.2 Å². The van der Waals surface area contributed by atoms with Gasteiger partial charge < -0.3 is 9.31 Å². The van der Waals surface area contributed by atoms with Crippen molar-refractivity contribution in [1.82, 2.24) is 0 Å². The third-order valence-electron chi connectivity index (χ3n) is 4.81. The molecule has 3 rings (SSSR count). The van der Waals surface area contributed by atoms with Gasteiger partial charge in [-0.25, -0.2) is 0 Å². The van der Waals surface area contributed by atoms with E-state index in [1.165, 1.54) is 4.88 Å². The average Bonchev–Trinajstić information content (AvgIpc) is 2.76. The van der Waals surface area contributed by atoms with Crippen molar-refractivity contribution < 1.29 is 14.1 Å². The summed E-state index contributed by atoms with van der Waals surface area (Å²) in [5.74, 6) is 0.280. The topological polar surface area (TPSA) is 35.5 Å². The zero-order valence-corrected chi connectivity index (χ0v) is 13.6. The molecule has 0 aromatic carbocycles. The summed E-state index contributed by atoms with van der Waals surface area (Å²) in [6.07, 6.45) is 2.65. The van der Waals surface area contributed by atoms with E-state index in [2.05, 4.69) is 27.7 Å². The van der Waals surface area contributed by atoms with Crippen LogP contribution in [-0.2, 0) is 15.7 Å². The van der Waals surface area contributed by atoms with Gasteiger partial charge in [-0.3, -0.25) is 4.79 Å². The fourth-order valence-electron chi connectivity index (χ4n) is 2.84. The molecule has 1 aliphatic heterocycles. The fraction of sp³-hybridized carbons (Fsp3) is 0.667. The fourth-order valence-corrected chi connectivity index (χ4v) is 4.17. The van der Waals surface area contributed by atoms with E-state index in [0.717, 1.165) is 28.7 Å². The lowest BCUT2D eigenvalue weighted by atomic mass is 9.82. The van der Waals surface area contributed by atoms with Crippen molar-refractivity contribution in [3.05, 3.63) is 16.0 Å². The highest BCUT2D eigenvalue weighted by Crippen LogP contribution is 2.38. The van der Waals surface area contributed by atoms with Crippen molar-refractivity contribution >= 4 is 29.0 Å². The molecule has 0 amide bonds. The highest BCUT2D eigenvalue weighted by Gasteiger charge is 2.53. The molecule has 0 radical (unpaired) electrons. The molecule has 0 atom stereocenters. The van der Waals surface area contributed by atoms with Gasteiger partial charge >= 0.3 is 7.12 Å². The Kier molecular flexibility index (Phi) is 3.16. The molecule has 0 spiro atoms. The molecule has 1 saturated heterocycles. The number of aryl methyl sites for hydroxylation is 1. The summed E-state index contributed by atoms with van der Waals surface area (Å²) >= 11 is 1.69. The van der Waals surface area contributed by atoms with E-state index in [4.69, 9.17) is 9.31 Å². The molecule has 3 nitrogen and oxygen atoms in total. The van der Waals surface area contributed by atoms with Crippen LogP contribution >= 0.6 is 11.3 Å². The molecule has 5 heteroatoms. The Bertz CT molecular complexity index is 558. The van der Waals surface area contributed by atoms with Gasteiger partial charge in [0.2, 0.25) is 0 Å². The van der Waals surface area contributed by atoms with Crippen molar-refractivity contribution in [3.63, 3.8) is 0 Å². The highest BCUT2D eigenvalue weighted by molar-refractivity contribution is 7.23. The van der Waals surface area contributed by atoms with Crippen molar-refractivity contribution in [2.24, 2.45) is 0 Å². The molecule has 0 saturated carbocycles. The maximum absolute atomic E-state index is 12.1. The lowest BCUT2D eigenvalue weighted by Gasteiger charge is -2.32. The molecule has 0 bridgehead atoms. The molecule has 20 heavy (non-hydrogen) atoms. The molecular formula is C15H21BO3S. The van der Waals surface area contributed by atoms with Crippen molar-refractivity contribution in [1.29, 1.82) is 0 Å². The van der Waals surface area contributed by atoms with E-state index in [0.29, 0.717) is 6.42 Å². The minimum atomic E-state index is -0.344. The van der Waals surface area contributed by atoms with Crippen LogP contribution in [0, 0.1) is 6.92 Å². The molecule has 1 aromatic heterocycles. The number of ketones is 1. The van der Waals surface area contributed by atoms with Gasteiger partial charge in [0.25, 0.3) is 0 Å². The Morgan fingerprint density at radius 2 is 1.70 bits per heavy atom. The second-order valence-electron chi connectivity index (χ2n) is 6.75. The Morgan fingerprint density at radius 1 is 1.10 bits per heavy atom. The van der Waals surface area contributed by atoms with Gasteiger partial charge in [-0.05, 0) is 53.0 Å². The van der Waals surface area contributed by atoms with Gasteiger partial charge in [0, 0.05) is 21.6 Å². The molecule has 2 aliphatic rings. The third kappa shape index (κ3) is 1.99. The number of hydrogen-bond acceptors (Lipinski definition) is 4. The predicted octanol–water partition coefficient (Wildman–Crippen LogP) is 2.87. The van der Waals surface area contributed by atoms with E-state index < -0.39 is 0 Å². The number of carbonyl (C=O) groups excluding carboxylic acids is 1. The van der Waals surface area contributed by atoms with Gasteiger partial charge in [-0.2, -0.15) is 0 Å². The lowest BCUT2D eigenvalue weighted by molar-refractivity contribution is 0.00578. The minimum Gasteiger partial charge on any atom is -0.399 e. The number of fused-ring (bicyclic) bond motifs is 1. The molecule has 2 heterocycles. The van der Waals surface area contributed by atoms with Gasteiger partial charge in [0.15, 0.2) is 5.78 Å². The smallest absolute Gasteiger partial charge is 0.399 e. The summed E-state index contributed by atoms with van der Waals surface area (Å²) in [5.41, 5.74) is 1.33. The van der Waals surface area contributed by atoms with Crippen LogP contribution in [0.15, 0.2) is 0 Å². The number of thiophene rings is 1. The summed E-state index contributed by atoms with van der Waals surface area (Å²) < 4.78 is 13.3. The average molecular weight is 292 g/mol. The Hall–Kier alpha value is -0.645. The molecule has 1 aliphatic carbocycles. The Morgan fingerprint density at radius 3 is 2.25 bits per heavy atom. The molecule has 0 N–H and O–H groups in total. The summed E-state index contributed by atoms with van der Waals surface area (Å²) in [5, 5.41) is 0. The van der Waals surface area contributed by atoms with Crippen molar-refractivity contribution in [2.75, 3.05) is 0 Å². The summed E-state index contributed by atoms with van der Waals surface area (Å²) in [4.78, 5) is 13.3. The number of Topliss-reactive ketones (excluding diaryl/α,β-unsaturated/α-hetero) is 1. The van der Waals surface area contributed by atoms with Crippen LogP contribution in [0.4, 0.5) is 0 Å². The molecular weight excluding hydrogens is 271 g/mol. The maximum Gasteiger partial charge on any atom is 0.505 e. The summed E-state index contributed by atoms with van der Waals surface area (Å²) in [6, 6.07) is 0. The standard InChI is InChI=1S/C15H21BO3S/c1-9-12-10(17)7-6-8-11(12)20-13(9)16-18-14(2,3)15(4,5)19-16/h6-8H2,1-5H3. The summed E-state index contributed by atoms with van der Waals surface area (Å²) in [7, 11) is -0.344. The first-order valence-electron chi connectivity index (χ1n) is 7.24. The first-order chi connectivity index (χ1) is 9.23. The quantitative estimate of drug-likeness (QED) is 0.747. The van der Waals surface area contributed by atoms with E-state index in [1.807, 2.05) is 6.92 Å². The zero-order valence-electron chi connectivity index (χ0n) is 12.8. The first kappa shape index (κ1) is 14.3. The van der Waals surface area contributed by atoms with E-state index in [-0.39, 0.29) is 24.1 Å². The maximum atomic E-state index is 12.1. The Labute approximate surface area is 124 Å². The second kappa shape index (κ2) is 4.42. The van der Waals surface area contributed by atoms with Crippen LogP contribution in [0.2, 0.25) is 0 Å². The molecule has 0 unspecified atom stereocenters. The minimum absolute atomic E-state index is 0.280. The Balaban J connectivity index is 1.99. The molecule has 1 fully saturated rings. The van der Waals surface area contributed by atoms with Gasteiger partial charge in [0.1, 0.15) is 0 Å².